The first-order chi connectivity index (χ1) is 25.8. The first-order valence-electron chi connectivity index (χ1n) is 16.7. The highest BCUT2D eigenvalue weighted by atomic mass is 35.7. The summed E-state index contributed by atoms with van der Waals surface area (Å²) < 4.78 is 28.2. The van der Waals surface area contributed by atoms with Crippen molar-refractivity contribution in [2.24, 2.45) is 10.8 Å². The summed E-state index contributed by atoms with van der Waals surface area (Å²) in [6.07, 6.45) is 4.21. The van der Waals surface area contributed by atoms with Crippen LogP contribution in [0.2, 0.25) is 0 Å². The van der Waals surface area contributed by atoms with E-state index in [9.17, 15) is 9.59 Å². The maximum atomic E-state index is 11.0. The number of ether oxygens (including phenoxy) is 2. The van der Waals surface area contributed by atoms with Crippen LogP contribution in [0.25, 0.3) is 0 Å². The van der Waals surface area contributed by atoms with Gasteiger partial charge in [-0.25, -0.2) is 0 Å². The minimum absolute atomic E-state index is 0. The van der Waals surface area contributed by atoms with Crippen molar-refractivity contribution in [1.82, 2.24) is 0 Å². The predicted octanol–water partition coefficient (Wildman–Crippen LogP) is 11.6. The molecule has 0 amide bonds. The Kier molecular flexibility index (Phi) is 33.4. The smallest absolute Gasteiger partial charge is 0.259 e. The summed E-state index contributed by atoms with van der Waals surface area (Å²) in [5, 5.41) is -0.958. The maximum Gasteiger partial charge on any atom is 0.259 e. The molecule has 2 aromatic carbocycles. The molecule has 2 aromatic rings. The first-order valence-corrected chi connectivity index (χ1v) is 19.3. The first kappa shape index (κ1) is 55.6. The van der Waals surface area contributed by atoms with Crippen molar-refractivity contribution in [3.05, 3.63) is 59.2 Å². The van der Waals surface area contributed by atoms with Gasteiger partial charge in [0.25, 0.3) is 10.5 Å². The fourth-order valence-corrected chi connectivity index (χ4v) is 3.68. The Labute approximate surface area is 365 Å². The normalized spacial score (nSPS) is 9.30. The fourth-order valence-electron chi connectivity index (χ4n) is 3.57. The van der Waals surface area contributed by atoms with E-state index in [1.807, 2.05) is 31.2 Å². The molecule has 6 nitrogen and oxygen atoms in total. The van der Waals surface area contributed by atoms with Crippen LogP contribution in [-0.2, 0) is 32.7 Å². The van der Waals surface area contributed by atoms with Crippen LogP contribution in [0.3, 0.4) is 0 Å². The molecule has 314 valence electrons. The maximum absolute atomic E-state index is 11.0. The van der Waals surface area contributed by atoms with Gasteiger partial charge in [-0.2, -0.15) is 0 Å². The zero-order valence-corrected chi connectivity index (χ0v) is 35.9. The number of carbonyl (C=O) groups is 2. The standard InChI is InChI=1S/C20H31ClO2.C16H6.C9H9ClO2.CH4.ClHO2S.8H2/c1-19(2,3)11-9-15-7-8-17(23-14-18(21)22)16(13-15)10-12-20(4,5)6;1-3-5-7-9-11-13-15-16-14-12-10-8-6-4-2;1-7-3-2-4-8(5-7)12-6-9(10)11;;1-4(2)3;;;;;;;;/h7-8,13H,9-12,14H2,1-6H3;1-2H3;2-5H,6H2,1H3;1H4;(H,2,3);8*1H/p-1. The van der Waals surface area contributed by atoms with E-state index in [-0.39, 0.29) is 37.5 Å². The number of aryl methyl sites for hydroxylation is 3. The van der Waals surface area contributed by atoms with Crippen LogP contribution < -0.4 is 9.47 Å². The molecule has 2 rings (SSSR count). The molecular weight excluding hydrogens is 787 g/mol. The van der Waals surface area contributed by atoms with Gasteiger partial charge in [0.15, 0.2) is 13.2 Å². The molecule has 0 aliphatic heterocycles. The molecule has 0 N–H and O–H groups in total. The molecule has 56 heavy (non-hydrogen) atoms. The molecule has 1 atom stereocenters. The van der Waals surface area contributed by atoms with Crippen LogP contribution in [0.4, 0.5) is 0 Å². The quantitative estimate of drug-likeness (QED) is 0.134. The largest absolute Gasteiger partial charge is 0.760 e. The Morgan fingerprint density at radius 1 is 0.696 bits per heavy atom. The van der Waals surface area contributed by atoms with Crippen molar-refractivity contribution >= 4 is 54.7 Å². The predicted molar refractivity (Wildman–Crippen MR) is 250 cm³/mol. The van der Waals surface area contributed by atoms with E-state index in [1.165, 1.54) is 11.1 Å². The molecule has 0 spiro atoms. The molecule has 1 unspecified atom stereocenters. The molecule has 10 heteroatoms. The molecule has 0 fully saturated rings. The number of hydrogen-bond acceptors (Lipinski definition) is 6. The number of rotatable bonds is 10. The molecule has 0 bridgehead atoms. The van der Waals surface area contributed by atoms with Gasteiger partial charge in [0.05, 0.1) is 0 Å². The lowest BCUT2D eigenvalue weighted by Crippen LogP contribution is -2.10. The van der Waals surface area contributed by atoms with Gasteiger partial charge in [-0.15, -0.1) is 0 Å². The van der Waals surface area contributed by atoms with Crippen molar-refractivity contribution in [3.8, 4) is 94.4 Å². The number of carbonyl (C=O) groups excluding carboxylic acids is 2. The minimum Gasteiger partial charge on any atom is -0.760 e. The Bertz CT molecular complexity index is 1980. The molecule has 0 saturated heterocycles. The Morgan fingerprint density at radius 2 is 1.11 bits per heavy atom. The number of hydrogen-bond donors (Lipinski definition) is 0. The average Bonchev–Trinajstić information content (AvgIpc) is 3.08. The van der Waals surface area contributed by atoms with Crippen LogP contribution >= 0.6 is 33.9 Å². The zero-order chi connectivity index (χ0) is 42.1. The van der Waals surface area contributed by atoms with Crippen LogP contribution in [0.5, 0.6) is 11.5 Å². The number of halogens is 3. The fraction of sp³-hybridized carbons (Fsp3) is 0.391. The van der Waals surface area contributed by atoms with Crippen molar-refractivity contribution in [1.29, 1.82) is 0 Å². The summed E-state index contributed by atoms with van der Waals surface area (Å²) in [6, 6.07) is 13.8. The molecule has 0 radical (unpaired) electrons. The van der Waals surface area contributed by atoms with E-state index in [0.29, 0.717) is 11.2 Å². The summed E-state index contributed by atoms with van der Waals surface area (Å²) in [7, 11) is 1.80. The summed E-state index contributed by atoms with van der Waals surface area (Å²) >= 11 is 10.5. The zero-order valence-electron chi connectivity index (χ0n) is 32.8. The highest BCUT2D eigenvalue weighted by molar-refractivity contribution is 8.03. The minimum atomic E-state index is -2.39. The van der Waals surface area contributed by atoms with Crippen LogP contribution in [-0.4, -0.2) is 32.5 Å². The summed E-state index contributed by atoms with van der Waals surface area (Å²) in [6.45, 7) is 18.7. The van der Waals surface area contributed by atoms with Gasteiger partial charge in [0, 0.05) is 21.7 Å². The Hall–Kier alpha value is -4.72. The molecule has 0 saturated carbocycles. The molecule has 0 aliphatic rings. The van der Waals surface area contributed by atoms with Gasteiger partial charge in [0.2, 0.25) is 0 Å². The van der Waals surface area contributed by atoms with Crippen molar-refractivity contribution in [2.45, 2.75) is 95.4 Å². The second kappa shape index (κ2) is 33.6. The topological polar surface area (TPSA) is 92.7 Å². The molecule has 0 aromatic heterocycles. The van der Waals surface area contributed by atoms with Gasteiger partial charge >= 0.3 is 0 Å². The van der Waals surface area contributed by atoms with Gasteiger partial charge in [-0.05, 0) is 197 Å². The van der Waals surface area contributed by atoms with Crippen molar-refractivity contribution in [2.75, 3.05) is 13.2 Å². The SMILES string of the molecule is C.CC#CC#CC#CC#CC#CC#CC#CC.CC(C)(C)CCc1ccc(OCC(=O)Cl)c(CCC(C)(C)C)c1.Cc1cccc(OCC(=O)Cl)c1.O=S([O-])Cl.[HH].[HH].[HH].[HH].[HH].[HH].[HH].[HH]. The van der Waals surface area contributed by atoms with E-state index in [1.54, 1.807) is 19.9 Å². The van der Waals surface area contributed by atoms with E-state index in [2.05, 4.69) is 147 Å². The highest BCUT2D eigenvalue weighted by Gasteiger charge is 2.15. The summed E-state index contributed by atoms with van der Waals surface area (Å²) in [5.41, 5.74) is 4.18. The van der Waals surface area contributed by atoms with Gasteiger partial charge in [-0.3, -0.25) is 13.8 Å². The van der Waals surface area contributed by atoms with Crippen LogP contribution in [0, 0.1) is 101 Å². The second-order valence-electron chi connectivity index (χ2n) is 13.4. The van der Waals surface area contributed by atoms with E-state index in [4.69, 9.17) is 41.4 Å². The van der Waals surface area contributed by atoms with Crippen molar-refractivity contribution < 1.29 is 39.2 Å². The van der Waals surface area contributed by atoms with Gasteiger partial charge < -0.3 is 14.0 Å². The van der Waals surface area contributed by atoms with Crippen LogP contribution in [0.15, 0.2) is 42.5 Å². The molecule has 0 aliphatic carbocycles. The second-order valence-corrected chi connectivity index (χ2v) is 15.3. The highest BCUT2D eigenvalue weighted by Crippen LogP contribution is 2.29. The third kappa shape index (κ3) is 40.5. The average molecular weight is 853 g/mol. The molecule has 0 heterocycles. The lowest BCUT2D eigenvalue weighted by molar-refractivity contribution is -0.114. The van der Waals surface area contributed by atoms with E-state index >= 15 is 0 Å². The Morgan fingerprint density at radius 3 is 1.50 bits per heavy atom. The number of benzene rings is 2. The summed E-state index contributed by atoms with van der Waals surface area (Å²) in [4.78, 5) is 21.3. The van der Waals surface area contributed by atoms with Gasteiger partial charge in [-0.1, -0.05) is 85.1 Å². The third-order valence-corrected chi connectivity index (χ3v) is 6.27. The lowest BCUT2D eigenvalue weighted by atomic mass is 9.86. The lowest BCUT2D eigenvalue weighted by Gasteiger charge is -2.21. The van der Waals surface area contributed by atoms with Crippen molar-refractivity contribution in [3.63, 3.8) is 0 Å². The van der Waals surface area contributed by atoms with E-state index in [0.717, 1.165) is 37.0 Å². The monoisotopic (exact) mass is 851 g/mol. The van der Waals surface area contributed by atoms with Crippen LogP contribution in [0.1, 0.15) is 104 Å². The van der Waals surface area contributed by atoms with Gasteiger partial charge in [0.1, 0.15) is 11.5 Å². The summed E-state index contributed by atoms with van der Waals surface area (Å²) in [5.74, 6) is 37.0. The van der Waals surface area contributed by atoms with E-state index < -0.39 is 20.8 Å². The Balaban J connectivity index is -0.0000000680. The molecular formula is C46H66Cl3O6S-. The third-order valence-electron chi connectivity index (χ3n) is 6.05.